The Kier molecular flexibility index (Phi) is 4.11. The molecule has 74 valence electrons. The van der Waals surface area contributed by atoms with E-state index in [2.05, 4.69) is 50.4 Å². The molecule has 1 aromatic rings. The molecule has 0 aliphatic carbocycles. The van der Waals surface area contributed by atoms with Gasteiger partial charge in [-0.2, -0.15) is 0 Å². The summed E-state index contributed by atoms with van der Waals surface area (Å²) < 4.78 is 2.22. The van der Waals surface area contributed by atoms with Gasteiger partial charge in [0.15, 0.2) is 9.68 Å². The van der Waals surface area contributed by atoms with E-state index < -0.39 is 0 Å². The monoisotopic (exact) mass is 203 g/mol. The second kappa shape index (κ2) is 5.13. The van der Waals surface area contributed by atoms with Gasteiger partial charge in [0, 0.05) is 0 Å². The van der Waals surface area contributed by atoms with Crippen molar-refractivity contribution in [2.24, 2.45) is 0 Å². The standard InChI is InChI=1S/C12H17NSi/c1-5-10-8-7-9-12(11(10)6-2)14-13(3)4/h5,7-9H,1,6H2,2-4H3. The lowest BCUT2D eigenvalue weighted by atomic mass is 10.1. The summed E-state index contributed by atoms with van der Waals surface area (Å²) in [5, 5.41) is 1.44. The molecule has 14 heavy (non-hydrogen) atoms. The van der Waals surface area contributed by atoms with Crippen LogP contribution in [0.25, 0.3) is 6.08 Å². The zero-order valence-corrected chi connectivity index (χ0v) is 10.2. The van der Waals surface area contributed by atoms with Gasteiger partial charge in [0.25, 0.3) is 0 Å². The lowest BCUT2D eigenvalue weighted by molar-refractivity contribution is 0.668. The smallest absolute Gasteiger partial charge is 0.182 e. The highest BCUT2D eigenvalue weighted by Gasteiger charge is 2.06. The average molecular weight is 203 g/mol. The van der Waals surface area contributed by atoms with Crippen molar-refractivity contribution in [2.45, 2.75) is 13.3 Å². The molecule has 1 nitrogen and oxygen atoms in total. The molecule has 0 unspecified atom stereocenters. The van der Waals surface area contributed by atoms with Crippen molar-refractivity contribution in [3.63, 3.8) is 0 Å². The predicted molar refractivity (Wildman–Crippen MR) is 65.0 cm³/mol. The first-order valence-corrected chi connectivity index (χ1v) is 5.82. The summed E-state index contributed by atoms with van der Waals surface area (Å²) >= 11 is 0. The van der Waals surface area contributed by atoms with Crippen LogP contribution in [0, 0.1) is 0 Å². The Morgan fingerprint density at radius 2 is 2.14 bits per heavy atom. The summed E-state index contributed by atoms with van der Waals surface area (Å²) in [6.07, 6.45) is 3.03. The molecule has 2 heteroatoms. The molecule has 0 aliphatic heterocycles. The Morgan fingerprint density at radius 1 is 1.43 bits per heavy atom. The number of nitrogens with zero attached hydrogens (tertiary/aromatic N) is 1. The summed E-state index contributed by atoms with van der Waals surface area (Å²) in [4.78, 5) is 0. The molecule has 0 aromatic heterocycles. The number of hydrogen-bond acceptors (Lipinski definition) is 1. The zero-order chi connectivity index (χ0) is 10.6. The summed E-state index contributed by atoms with van der Waals surface area (Å²) in [6.45, 7) is 6.05. The van der Waals surface area contributed by atoms with Crippen LogP contribution in [-0.2, 0) is 6.42 Å². The highest BCUT2D eigenvalue weighted by Crippen LogP contribution is 2.08. The van der Waals surface area contributed by atoms with Crippen molar-refractivity contribution in [3.05, 3.63) is 35.9 Å². The van der Waals surface area contributed by atoms with Crippen LogP contribution in [0.3, 0.4) is 0 Å². The first kappa shape index (κ1) is 11.2. The minimum atomic E-state index is 0.752. The van der Waals surface area contributed by atoms with Gasteiger partial charge in [0.1, 0.15) is 0 Å². The van der Waals surface area contributed by atoms with Crippen LogP contribution < -0.4 is 5.19 Å². The molecule has 0 aliphatic rings. The van der Waals surface area contributed by atoms with Gasteiger partial charge in [-0.15, -0.1) is 0 Å². The third-order valence-electron chi connectivity index (χ3n) is 2.13. The van der Waals surface area contributed by atoms with E-state index in [1.165, 1.54) is 16.3 Å². The lowest BCUT2D eigenvalue weighted by Gasteiger charge is -2.13. The van der Waals surface area contributed by atoms with Crippen LogP contribution in [0.4, 0.5) is 0 Å². The van der Waals surface area contributed by atoms with Crippen LogP contribution in [-0.4, -0.2) is 28.3 Å². The third kappa shape index (κ3) is 2.56. The van der Waals surface area contributed by atoms with E-state index in [9.17, 15) is 0 Å². The first-order chi connectivity index (χ1) is 6.69. The maximum absolute atomic E-state index is 3.85. The van der Waals surface area contributed by atoms with E-state index in [0.29, 0.717) is 0 Å². The van der Waals surface area contributed by atoms with Gasteiger partial charge < -0.3 is 4.57 Å². The molecular formula is C12H17NSi. The van der Waals surface area contributed by atoms with Crippen LogP contribution in [0.5, 0.6) is 0 Å². The second-order valence-corrected chi connectivity index (χ2v) is 5.09. The molecule has 0 atom stereocenters. The Hall–Kier alpha value is -0.863. The van der Waals surface area contributed by atoms with E-state index in [4.69, 9.17) is 0 Å². The summed E-state index contributed by atoms with van der Waals surface area (Å²) in [7, 11) is 4.97. The molecular weight excluding hydrogens is 186 g/mol. The van der Waals surface area contributed by atoms with Crippen molar-refractivity contribution < 1.29 is 0 Å². The van der Waals surface area contributed by atoms with Gasteiger partial charge in [-0.05, 0) is 36.8 Å². The highest BCUT2D eigenvalue weighted by atomic mass is 28.2. The summed E-state index contributed by atoms with van der Waals surface area (Å²) in [5.74, 6) is 0. The van der Waals surface area contributed by atoms with Crippen molar-refractivity contribution in [1.82, 2.24) is 4.57 Å². The number of rotatable bonds is 4. The molecule has 0 spiro atoms. The van der Waals surface area contributed by atoms with Crippen molar-refractivity contribution >= 4 is 20.9 Å². The van der Waals surface area contributed by atoms with Gasteiger partial charge >= 0.3 is 0 Å². The molecule has 2 radical (unpaired) electrons. The predicted octanol–water partition coefficient (Wildman–Crippen LogP) is 1.70. The number of hydrogen-bond donors (Lipinski definition) is 0. The lowest BCUT2D eigenvalue weighted by Crippen LogP contribution is -2.32. The third-order valence-corrected chi connectivity index (χ3v) is 3.29. The molecule has 1 aromatic carbocycles. The topological polar surface area (TPSA) is 3.24 Å². The second-order valence-electron chi connectivity index (χ2n) is 3.44. The minimum Gasteiger partial charge on any atom is -0.327 e. The minimum absolute atomic E-state index is 0.752. The van der Waals surface area contributed by atoms with Gasteiger partial charge in [-0.1, -0.05) is 37.8 Å². The maximum Gasteiger partial charge on any atom is 0.182 e. The number of benzene rings is 1. The fourth-order valence-corrected chi connectivity index (χ4v) is 2.64. The maximum atomic E-state index is 3.85. The van der Waals surface area contributed by atoms with E-state index in [1.54, 1.807) is 0 Å². The normalized spacial score (nSPS) is 10.6. The fraction of sp³-hybridized carbons (Fsp3) is 0.333. The molecule has 0 bridgehead atoms. The van der Waals surface area contributed by atoms with E-state index in [1.807, 2.05) is 6.08 Å². The largest absolute Gasteiger partial charge is 0.327 e. The molecule has 0 saturated heterocycles. The van der Waals surface area contributed by atoms with Crippen LogP contribution >= 0.6 is 0 Å². The zero-order valence-electron chi connectivity index (χ0n) is 9.17. The van der Waals surface area contributed by atoms with Crippen molar-refractivity contribution in [2.75, 3.05) is 14.1 Å². The Morgan fingerprint density at radius 3 is 2.64 bits per heavy atom. The Balaban J connectivity index is 3.08. The highest BCUT2D eigenvalue weighted by molar-refractivity contribution is 6.51. The fourth-order valence-electron chi connectivity index (χ4n) is 1.54. The van der Waals surface area contributed by atoms with Gasteiger partial charge in [0.2, 0.25) is 0 Å². The van der Waals surface area contributed by atoms with Crippen LogP contribution in [0.2, 0.25) is 0 Å². The molecule has 0 heterocycles. The van der Waals surface area contributed by atoms with E-state index in [-0.39, 0.29) is 0 Å². The summed E-state index contributed by atoms with van der Waals surface area (Å²) in [5.41, 5.74) is 2.72. The van der Waals surface area contributed by atoms with Gasteiger partial charge in [-0.25, -0.2) is 0 Å². The van der Waals surface area contributed by atoms with Crippen molar-refractivity contribution in [3.8, 4) is 0 Å². The van der Waals surface area contributed by atoms with Gasteiger partial charge in [-0.3, -0.25) is 0 Å². The van der Waals surface area contributed by atoms with E-state index >= 15 is 0 Å². The quantitative estimate of drug-likeness (QED) is 0.673. The van der Waals surface area contributed by atoms with Crippen LogP contribution in [0.1, 0.15) is 18.1 Å². The average Bonchev–Trinajstić information content (AvgIpc) is 2.16. The Labute approximate surface area is 89.3 Å². The van der Waals surface area contributed by atoms with Crippen molar-refractivity contribution in [1.29, 1.82) is 0 Å². The molecule has 0 N–H and O–H groups in total. The van der Waals surface area contributed by atoms with E-state index in [0.717, 1.165) is 16.1 Å². The van der Waals surface area contributed by atoms with Crippen LogP contribution in [0.15, 0.2) is 24.8 Å². The SMILES string of the molecule is C=Cc1cccc([Si]N(C)C)c1CC. The molecule has 0 fully saturated rings. The molecule has 1 rings (SSSR count). The molecule has 0 amide bonds. The summed E-state index contributed by atoms with van der Waals surface area (Å²) in [6, 6.07) is 6.46. The first-order valence-electron chi connectivity index (χ1n) is 4.87. The van der Waals surface area contributed by atoms with Gasteiger partial charge in [0.05, 0.1) is 0 Å². The Bertz CT molecular complexity index is 318. The molecule has 0 saturated carbocycles.